The van der Waals surface area contributed by atoms with Gasteiger partial charge < -0.3 is 0 Å². The van der Waals surface area contributed by atoms with E-state index in [9.17, 15) is 5.21 Å². The van der Waals surface area contributed by atoms with Crippen LogP contribution in [0.5, 0.6) is 0 Å². The zero-order chi connectivity index (χ0) is 17.1. The maximum atomic E-state index is 10.5. The summed E-state index contributed by atoms with van der Waals surface area (Å²) < 4.78 is 0. The van der Waals surface area contributed by atoms with Crippen molar-refractivity contribution in [2.24, 2.45) is 5.10 Å². The molecule has 0 aliphatic carbocycles. The first-order valence-electron chi connectivity index (χ1n) is 8.08. The fourth-order valence-corrected chi connectivity index (χ4v) is 2.97. The van der Waals surface area contributed by atoms with E-state index in [0.717, 1.165) is 33.1 Å². The van der Waals surface area contributed by atoms with Crippen molar-refractivity contribution in [1.82, 2.24) is 10.7 Å². The van der Waals surface area contributed by atoms with Gasteiger partial charge in [-0.3, -0.25) is 5.21 Å². The van der Waals surface area contributed by atoms with E-state index in [0.29, 0.717) is 5.70 Å². The average Bonchev–Trinajstić information content (AvgIpc) is 2.70. The number of allylic oxidation sites excluding steroid dienone is 1. The Morgan fingerprint density at radius 3 is 1.68 bits per heavy atom. The van der Waals surface area contributed by atoms with Crippen LogP contribution in [0.15, 0.2) is 96.1 Å². The molecule has 4 nitrogen and oxygen atoms in total. The average molecular weight is 327 g/mol. The van der Waals surface area contributed by atoms with Crippen LogP contribution in [0.3, 0.4) is 0 Å². The van der Waals surface area contributed by atoms with Crippen LogP contribution in [0.1, 0.15) is 16.7 Å². The SMILES string of the molecule is ON1NN=C(c2ccccc2)C(c2ccccc2)=C1c1ccccc1. The Bertz CT molecular complexity index is 919. The number of benzene rings is 3. The van der Waals surface area contributed by atoms with Gasteiger partial charge in [0.1, 0.15) is 11.4 Å². The monoisotopic (exact) mass is 327 g/mol. The minimum Gasteiger partial charge on any atom is -0.268 e. The highest BCUT2D eigenvalue weighted by Gasteiger charge is 2.26. The molecule has 1 aliphatic heterocycles. The Morgan fingerprint density at radius 1 is 0.640 bits per heavy atom. The number of rotatable bonds is 3. The molecule has 1 heterocycles. The Morgan fingerprint density at radius 2 is 1.12 bits per heavy atom. The smallest absolute Gasteiger partial charge is 0.107 e. The lowest BCUT2D eigenvalue weighted by Crippen LogP contribution is -2.36. The number of hydroxylamine groups is 1. The first-order valence-corrected chi connectivity index (χ1v) is 8.08. The van der Waals surface area contributed by atoms with Crippen molar-refractivity contribution in [1.29, 1.82) is 0 Å². The molecule has 3 aromatic carbocycles. The Labute approximate surface area is 146 Å². The van der Waals surface area contributed by atoms with Gasteiger partial charge in [0, 0.05) is 16.7 Å². The summed E-state index contributed by atoms with van der Waals surface area (Å²) in [6.45, 7) is 0. The summed E-state index contributed by atoms with van der Waals surface area (Å²) in [4.78, 5) is 0. The van der Waals surface area contributed by atoms with Gasteiger partial charge >= 0.3 is 0 Å². The highest BCUT2D eigenvalue weighted by Crippen LogP contribution is 2.33. The van der Waals surface area contributed by atoms with E-state index < -0.39 is 0 Å². The molecule has 122 valence electrons. The number of hydrazine groups is 1. The third-order valence-corrected chi connectivity index (χ3v) is 4.10. The van der Waals surface area contributed by atoms with Gasteiger partial charge in [0.05, 0.1) is 0 Å². The molecule has 3 aromatic rings. The summed E-state index contributed by atoms with van der Waals surface area (Å²) in [6.07, 6.45) is 0. The molecule has 0 fully saturated rings. The van der Waals surface area contributed by atoms with Crippen LogP contribution in [0, 0.1) is 0 Å². The van der Waals surface area contributed by atoms with Gasteiger partial charge in [0.25, 0.3) is 0 Å². The zero-order valence-corrected chi connectivity index (χ0v) is 13.5. The number of hydrogen-bond donors (Lipinski definition) is 2. The molecule has 0 bridgehead atoms. The van der Waals surface area contributed by atoms with E-state index in [2.05, 4.69) is 10.6 Å². The molecule has 1 aliphatic rings. The standard InChI is InChI=1S/C21H17N3O/c25-24-21(18-14-8-3-9-15-18)19(16-10-4-1-5-11-16)20(22-23-24)17-12-6-2-7-13-17/h1-15,23,25H. The van der Waals surface area contributed by atoms with Crippen LogP contribution in [0.25, 0.3) is 11.3 Å². The van der Waals surface area contributed by atoms with Gasteiger partial charge in [-0.1, -0.05) is 91.0 Å². The van der Waals surface area contributed by atoms with E-state index in [1.54, 1.807) is 0 Å². The summed E-state index contributed by atoms with van der Waals surface area (Å²) in [5.41, 5.74) is 7.90. The van der Waals surface area contributed by atoms with Crippen LogP contribution in [-0.4, -0.2) is 16.1 Å². The fraction of sp³-hybridized carbons (Fsp3) is 0. The molecule has 0 atom stereocenters. The van der Waals surface area contributed by atoms with Gasteiger partial charge in [-0.05, 0) is 5.56 Å². The maximum absolute atomic E-state index is 10.5. The fourth-order valence-electron chi connectivity index (χ4n) is 2.97. The third-order valence-electron chi connectivity index (χ3n) is 4.10. The highest BCUT2D eigenvalue weighted by molar-refractivity contribution is 6.37. The molecule has 25 heavy (non-hydrogen) atoms. The second-order valence-corrected chi connectivity index (χ2v) is 5.69. The topological polar surface area (TPSA) is 47.9 Å². The molecular formula is C21H17N3O. The Balaban J connectivity index is 1.99. The number of nitrogens with zero attached hydrogens (tertiary/aromatic N) is 2. The van der Waals surface area contributed by atoms with Gasteiger partial charge in [0.15, 0.2) is 0 Å². The molecule has 2 N–H and O–H groups in total. The van der Waals surface area contributed by atoms with Crippen LogP contribution < -0.4 is 5.53 Å². The van der Waals surface area contributed by atoms with Gasteiger partial charge in [-0.2, -0.15) is 10.6 Å². The largest absolute Gasteiger partial charge is 0.268 e. The van der Waals surface area contributed by atoms with E-state index in [4.69, 9.17) is 0 Å². The molecule has 0 aromatic heterocycles. The maximum Gasteiger partial charge on any atom is 0.107 e. The van der Waals surface area contributed by atoms with Crippen molar-refractivity contribution in [3.63, 3.8) is 0 Å². The summed E-state index contributed by atoms with van der Waals surface area (Å²) >= 11 is 0. The van der Waals surface area contributed by atoms with Crippen LogP contribution in [0.4, 0.5) is 0 Å². The first-order chi connectivity index (χ1) is 12.3. The van der Waals surface area contributed by atoms with E-state index in [1.165, 1.54) is 0 Å². The lowest BCUT2D eigenvalue weighted by atomic mass is 9.91. The summed E-state index contributed by atoms with van der Waals surface area (Å²) in [5, 5.41) is 15.9. The van der Waals surface area contributed by atoms with Crippen molar-refractivity contribution in [2.45, 2.75) is 0 Å². The van der Waals surface area contributed by atoms with Gasteiger partial charge in [-0.25, -0.2) is 0 Å². The molecule has 0 amide bonds. The van der Waals surface area contributed by atoms with Gasteiger partial charge in [0.2, 0.25) is 0 Å². The van der Waals surface area contributed by atoms with Crippen molar-refractivity contribution < 1.29 is 5.21 Å². The lowest BCUT2D eigenvalue weighted by molar-refractivity contribution is -0.0752. The molecule has 0 unspecified atom stereocenters. The van der Waals surface area contributed by atoms with Crippen molar-refractivity contribution in [3.8, 4) is 0 Å². The quantitative estimate of drug-likeness (QED) is 0.759. The predicted octanol–water partition coefficient (Wildman–Crippen LogP) is 4.17. The number of hydrazone groups is 1. The van der Waals surface area contributed by atoms with Gasteiger partial charge in [-0.15, -0.1) is 5.17 Å². The summed E-state index contributed by atoms with van der Waals surface area (Å²) in [5.74, 6) is 0. The zero-order valence-electron chi connectivity index (χ0n) is 13.5. The first kappa shape index (κ1) is 15.2. The van der Waals surface area contributed by atoms with Crippen molar-refractivity contribution in [3.05, 3.63) is 108 Å². The normalized spacial score (nSPS) is 14.1. The van der Waals surface area contributed by atoms with Crippen LogP contribution >= 0.6 is 0 Å². The second-order valence-electron chi connectivity index (χ2n) is 5.69. The van der Waals surface area contributed by atoms with Crippen molar-refractivity contribution in [2.75, 3.05) is 0 Å². The second kappa shape index (κ2) is 6.63. The molecule has 4 rings (SSSR count). The van der Waals surface area contributed by atoms with Crippen LogP contribution in [0.2, 0.25) is 0 Å². The lowest BCUT2D eigenvalue weighted by Gasteiger charge is -2.28. The highest BCUT2D eigenvalue weighted by atomic mass is 16.5. The van der Waals surface area contributed by atoms with Crippen LogP contribution in [-0.2, 0) is 0 Å². The Hall–Kier alpha value is -3.37. The predicted molar refractivity (Wildman–Crippen MR) is 99.4 cm³/mol. The molecule has 4 heteroatoms. The van der Waals surface area contributed by atoms with E-state index in [1.807, 2.05) is 91.0 Å². The number of nitrogens with one attached hydrogen (secondary N) is 1. The molecular weight excluding hydrogens is 310 g/mol. The summed E-state index contributed by atoms with van der Waals surface area (Å²) in [6, 6.07) is 29.7. The minimum atomic E-state index is 0.667. The molecule has 0 radical (unpaired) electrons. The molecule has 0 saturated heterocycles. The summed E-state index contributed by atoms with van der Waals surface area (Å²) in [7, 11) is 0. The number of hydrogen-bond acceptors (Lipinski definition) is 4. The van der Waals surface area contributed by atoms with E-state index >= 15 is 0 Å². The van der Waals surface area contributed by atoms with E-state index in [-0.39, 0.29) is 0 Å². The Kier molecular flexibility index (Phi) is 4.02. The minimum absolute atomic E-state index is 0.667. The third kappa shape index (κ3) is 2.91. The van der Waals surface area contributed by atoms with Crippen molar-refractivity contribution >= 4 is 17.0 Å². The molecule has 0 spiro atoms. The molecule has 0 saturated carbocycles.